The molecule has 0 aliphatic carbocycles. The molecule has 0 spiro atoms. The Bertz CT molecular complexity index is 1080. The highest BCUT2D eigenvalue weighted by Crippen LogP contribution is 2.30. The lowest BCUT2D eigenvalue weighted by molar-refractivity contribution is 0.102. The van der Waals surface area contributed by atoms with E-state index in [0.717, 1.165) is 27.8 Å². The molecule has 0 saturated carbocycles. The fourth-order valence-corrected chi connectivity index (χ4v) is 3.31. The third-order valence-electron chi connectivity index (χ3n) is 4.20. The summed E-state index contributed by atoms with van der Waals surface area (Å²) >= 11 is 1.64. The van der Waals surface area contributed by atoms with Crippen LogP contribution in [-0.4, -0.2) is 27.1 Å². The molecule has 29 heavy (non-hydrogen) atoms. The number of hydrogen-bond acceptors (Lipinski definition) is 5. The smallest absolute Gasteiger partial charge is 0.259 e. The average Bonchev–Trinajstić information content (AvgIpc) is 2.73. The SMILES string of the molecule is C=C/C=C(\SC)c1ccc(C)c(-c2cnc(NC(=O)c3ccncc3F)cn2)c1. The van der Waals surface area contributed by atoms with Crippen LogP contribution in [0.5, 0.6) is 0 Å². The Balaban J connectivity index is 1.85. The van der Waals surface area contributed by atoms with Gasteiger partial charge in [-0.3, -0.25) is 14.8 Å². The zero-order valence-electron chi connectivity index (χ0n) is 16.0. The summed E-state index contributed by atoms with van der Waals surface area (Å²) in [6.07, 6.45) is 11.1. The van der Waals surface area contributed by atoms with Gasteiger partial charge in [-0.05, 0) is 42.5 Å². The highest BCUT2D eigenvalue weighted by Gasteiger charge is 2.13. The van der Waals surface area contributed by atoms with Crippen LogP contribution in [0.2, 0.25) is 0 Å². The predicted octanol–water partition coefficient (Wildman–Crippen LogP) is 5.13. The summed E-state index contributed by atoms with van der Waals surface area (Å²) in [6, 6.07) is 7.44. The average molecular weight is 406 g/mol. The summed E-state index contributed by atoms with van der Waals surface area (Å²) < 4.78 is 13.7. The van der Waals surface area contributed by atoms with Gasteiger partial charge in [-0.15, -0.1) is 11.8 Å². The fourth-order valence-electron chi connectivity index (χ4n) is 2.72. The van der Waals surface area contributed by atoms with E-state index in [-0.39, 0.29) is 11.4 Å². The van der Waals surface area contributed by atoms with Crippen molar-refractivity contribution in [2.24, 2.45) is 0 Å². The van der Waals surface area contributed by atoms with Crippen molar-refractivity contribution in [3.63, 3.8) is 0 Å². The second-order valence-electron chi connectivity index (χ2n) is 6.10. The Labute approximate surface area is 172 Å². The van der Waals surface area contributed by atoms with Crippen LogP contribution in [0, 0.1) is 12.7 Å². The highest BCUT2D eigenvalue weighted by atomic mass is 32.2. The monoisotopic (exact) mass is 406 g/mol. The number of anilines is 1. The van der Waals surface area contributed by atoms with Crippen molar-refractivity contribution >= 4 is 28.4 Å². The van der Waals surface area contributed by atoms with E-state index in [4.69, 9.17) is 0 Å². The van der Waals surface area contributed by atoms with Gasteiger partial charge in [0.15, 0.2) is 11.6 Å². The van der Waals surface area contributed by atoms with Crippen molar-refractivity contribution in [2.45, 2.75) is 6.92 Å². The van der Waals surface area contributed by atoms with Gasteiger partial charge in [0.2, 0.25) is 0 Å². The molecule has 3 aromatic rings. The predicted molar refractivity (Wildman–Crippen MR) is 116 cm³/mol. The van der Waals surface area contributed by atoms with Gasteiger partial charge >= 0.3 is 0 Å². The molecule has 146 valence electrons. The number of benzene rings is 1. The molecule has 1 N–H and O–H groups in total. The molecule has 0 bridgehead atoms. The number of rotatable bonds is 6. The quantitative estimate of drug-likeness (QED) is 0.575. The molecule has 0 aliphatic rings. The zero-order valence-corrected chi connectivity index (χ0v) is 16.8. The number of aromatic nitrogens is 3. The lowest BCUT2D eigenvalue weighted by Gasteiger charge is -2.11. The van der Waals surface area contributed by atoms with Crippen LogP contribution in [-0.2, 0) is 0 Å². The molecular weight excluding hydrogens is 387 g/mol. The second kappa shape index (κ2) is 9.25. The van der Waals surface area contributed by atoms with Crippen molar-refractivity contribution in [3.8, 4) is 11.3 Å². The molecule has 1 amide bonds. The fraction of sp³-hybridized carbons (Fsp3) is 0.0909. The summed E-state index contributed by atoms with van der Waals surface area (Å²) in [6.45, 7) is 5.76. The number of nitrogens with one attached hydrogen (secondary N) is 1. The van der Waals surface area contributed by atoms with Crippen molar-refractivity contribution in [2.75, 3.05) is 11.6 Å². The summed E-state index contributed by atoms with van der Waals surface area (Å²) in [5.41, 5.74) is 3.63. The third-order valence-corrected chi connectivity index (χ3v) is 5.01. The van der Waals surface area contributed by atoms with E-state index in [0.29, 0.717) is 5.69 Å². The van der Waals surface area contributed by atoms with Gasteiger partial charge in [-0.25, -0.2) is 9.37 Å². The molecule has 0 atom stereocenters. The maximum Gasteiger partial charge on any atom is 0.259 e. The lowest BCUT2D eigenvalue weighted by Crippen LogP contribution is -2.15. The molecule has 7 heteroatoms. The molecule has 1 aromatic carbocycles. The van der Waals surface area contributed by atoms with Gasteiger partial charge in [0, 0.05) is 16.7 Å². The maximum atomic E-state index is 13.7. The van der Waals surface area contributed by atoms with E-state index >= 15 is 0 Å². The van der Waals surface area contributed by atoms with Crippen LogP contribution in [0.1, 0.15) is 21.5 Å². The largest absolute Gasteiger partial charge is 0.305 e. The first kappa shape index (κ1) is 20.4. The Hall–Kier alpha value is -3.32. The first-order valence-electron chi connectivity index (χ1n) is 8.74. The topological polar surface area (TPSA) is 67.8 Å². The Morgan fingerprint density at radius 1 is 1.21 bits per heavy atom. The van der Waals surface area contributed by atoms with Gasteiger partial charge in [0.05, 0.1) is 29.8 Å². The van der Waals surface area contributed by atoms with Gasteiger partial charge in [-0.1, -0.05) is 24.8 Å². The highest BCUT2D eigenvalue weighted by molar-refractivity contribution is 8.07. The minimum Gasteiger partial charge on any atom is -0.305 e. The second-order valence-corrected chi connectivity index (χ2v) is 6.95. The van der Waals surface area contributed by atoms with E-state index in [1.54, 1.807) is 24.0 Å². The number of aryl methyl sites for hydroxylation is 1. The number of allylic oxidation sites excluding steroid dienone is 2. The van der Waals surface area contributed by atoms with Crippen LogP contribution in [0.15, 0.2) is 67.8 Å². The van der Waals surface area contributed by atoms with E-state index in [1.165, 1.54) is 18.5 Å². The molecule has 2 heterocycles. The van der Waals surface area contributed by atoms with Crippen molar-refractivity contribution in [3.05, 3.63) is 90.3 Å². The zero-order chi connectivity index (χ0) is 20.8. The van der Waals surface area contributed by atoms with Crippen LogP contribution < -0.4 is 5.32 Å². The minimum atomic E-state index is -0.695. The number of thioether (sulfide) groups is 1. The van der Waals surface area contributed by atoms with Crippen molar-refractivity contribution < 1.29 is 9.18 Å². The Morgan fingerprint density at radius 3 is 2.69 bits per heavy atom. The number of hydrogen-bond donors (Lipinski definition) is 1. The standard InChI is InChI=1S/C22H19FN4OS/c1-4-5-20(29-3)15-7-6-14(2)17(10-15)19-12-26-21(13-25-19)27-22(28)16-8-9-24-11-18(16)23/h4-13H,1H2,2-3H3,(H,26,27,28)/b20-5-. The number of halogens is 1. The van der Waals surface area contributed by atoms with Crippen molar-refractivity contribution in [1.82, 2.24) is 15.0 Å². The third kappa shape index (κ3) is 4.75. The lowest BCUT2D eigenvalue weighted by atomic mass is 10.0. The van der Waals surface area contributed by atoms with E-state index in [2.05, 4.69) is 39.0 Å². The summed E-state index contributed by atoms with van der Waals surface area (Å²) in [5, 5.41) is 2.54. The first-order valence-corrected chi connectivity index (χ1v) is 9.97. The molecule has 0 unspecified atom stereocenters. The number of pyridine rings is 1. The first-order chi connectivity index (χ1) is 14.0. The molecule has 0 fully saturated rings. The van der Waals surface area contributed by atoms with Crippen LogP contribution in [0.3, 0.4) is 0 Å². The summed E-state index contributed by atoms with van der Waals surface area (Å²) in [5.74, 6) is -1.07. The van der Waals surface area contributed by atoms with Gasteiger partial charge in [0.1, 0.15) is 0 Å². The van der Waals surface area contributed by atoms with E-state index in [9.17, 15) is 9.18 Å². The number of nitrogens with zero attached hydrogens (tertiary/aromatic N) is 3. The number of amides is 1. The molecule has 3 rings (SSSR count). The normalized spacial score (nSPS) is 11.2. The van der Waals surface area contributed by atoms with Gasteiger partial charge < -0.3 is 5.32 Å². The molecule has 0 aliphatic heterocycles. The van der Waals surface area contributed by atoms with Crippen LogP contribution >= 0.6 is 11.8 Å². The molecule has 2 aromatic heterocycles. The van der Waals surface area contributed by atoms with Gasteiger partial charge in [0.25, 0.3) is 5.91 Å². The summed E-state index contributed by atoms with van der Waals surface area (Å²) in [7, 11) is 0. The summed E-state index contributed by atoms with van der Waals surface area (Å²) in [4.78, 5) is 25.6. The molecule has 0 radical (unpaired) electrons. The van der Waals surface area contributed by atoms with E-state index in [1.807, 2.05) is 25.3 Å². The molecule has 0 saturated heterocycles. The molecular formula is C22H19FN4OS. The molecule has 5 nitrogen and oxygen atoms in total. The maximum absolute atomic E-state index is 13.7. The van der Waals surface area contributed by atoms with Crippen LogP contribution in [0.4, 0.5) is 10.2 Å². The number of carbonyl (C=O) groups excluding carboxylic acids is 1. The van der Waals surface area contributed by atoms with E-state index < -0.39 is 11.7 Å². The Kier molecular flexibility index (Phi) is 6.51. The Morgan fingerprint density at radius 2 is 2.03 bits per heavy atom. The van der Waals surface area contributed by atoms with Gasteiger partial charge in [-0.2, -0.15) is 0 Å². The number of carbonyl (C=O) groups is 1. The minimum absolute atomic E-state index is 0.104. The van der Waals surface area contributed by atoms with Crippen molar-refractivity contribution in [1.29, 1.82) is 0 Å². The van der Waals surface area contributed by atoms with Crippen LogP contribution in [0.25, 0.3) is 16.2 Å².